The number of pyridine rings is 1. The average molecular weight is 234 g/mol. The maximum atomic E-state index is 11.5. The molecule has 1 fully saturated rings. The molecule has 1 aromatic heterocycles. The SMILES string of the molecule is CC(C)(C)OC(=O)N[C@@H]1C[C@H]1c1cccnc1. The highest BCUT2D eigenvalue weighted by molar-refractivity contribution is 5.69. The van der Waals surface area contributed by atoms with Gasteiger partial charge in [-0.05, 0) is 38.8 Å². The van der Waals surface area contributed by atoms with Crippen LogP contribution < -0.4 is 5.32 Å². The van der Waals surface area contributed by atoms with E-state index in [1.807, 2.05) is 39.1 Å². The van der Waals surface area contributed by atoms with E-state index in [9.17, 15) is 4.79 Å². The first-order valence-electron chi connectivity index (χ1n) is 5.85. The zero-order valence-corrected chi connectivity index (χ0v) is 10.4. The van der Waals surface area contributed by atoms with E-state index in [0.29, 0.717) is 5.92 Å². The summed E-state index contributed by atoms with van der Waals surface area (Å²) < 4.78 is 5.21. The Kier molecular flexibility index (Phi) is 3.05. The molecule has 1 heterocycles. The van der Waals surface area contributed by atoms with Crippen molar-refractivity contribution in [2.45, 2.75) is 44.8 Å². The van der Waals surface area contributed by atoms with Crippen molar-refractivity contribution >= 4 is 6.09 Å². The first-order valence-corrected chi connectivity index (χ1v) is 5.85. The molecule has 0 saturated heterocycles. The maximum absolute atomic E-state index is 11.5. The zero-order valence-electron chi connectivity index (χ0n) is 10.4. The van der Waals surface area contributed by atoms with Crippen molar-refractivity contribution in [2.24, 2.45) is 0 Å². The van der Waals surface area contributed by atoms with E-state index in [0.717, 1.165) is 6.42 Å². The third-order valence-corrected chi connectivity index (χ3v) is 2.61. The van der Waals surface area contributed by atoms with Gasteiger partial charge >= 0.3 is 6.09 Å². The normalized spacial score (nSPS) is 23.0. The minimum atomic E-state index is -0.442. The van der Waals surface area contributed by atoms with Crippen molar-refractivity contribution in [3.63, 3.8) is 0 Å². The summed E-state index contributed by atoms with van der Waals surface area (Å²) in [5.41, 5.74) is 0.733. The van der Waals surface area contributed by atoms with Gasteiger partial charge in [0, 0.05) is 24.4 Å². The van der Waals surface area contributed by atoms with E-state index < -0.39 is 5.60 Å². The Balaban J connectivity index is 1.83. The summed E-state index contributed by atoms with van der Waals surface area (Å²) in [6.07, 6.45) is 4.23. The summed E-state index contributed by atoms with van der Waals surface area (Å²) in [6, 6.07) is 4.14. The number of amides is 1. The topological polar surface area (TPSA) is 51.2 Å². The van der Waals surface area contributed by atoms with Crippen LogP contribution >= 0.6 is 0 Å². The van der Waals surface area contributed by atoms with Crippen molar-refractivity contribution < 1.29 is 9.53 Å². The molecule has 1 saturated carbocycles. The van der Waals surface area contributed by atoms with E-state index in [1.165, 1.54) is 5.56 Å². The first-order chi connectivity index (χ1) is 7.96. The van der Waals surface area contributed by atoms with Gasteiger partial charge in [0.25, 0.3) is 0 Å². The van der Waals surface area contributed by atoms with Crippen LogP contribution in [0.5, 0.6) is 0 Å². The minimum absolute atomic E-state index is 0.189. The molecule has 1 N–H and O–H groups in total. The molecule has 0 unspecified atom stereocenters. The van der Waals surface area contributed by atoms with Gasteiger partial charge in [-0.1, -0.05) is 6.07 Å². The van der Waals surface area contributed by atoms with E-state index in [2.05, 4.69) is 10.3 Å². The third kappa shape index (κ3) is 3.44. The van der Waals surface area contributed by atoms with Gasteiger partial charge < -0.3 is 10.1 Å². The number of alkyl carbamates (subject to hydrolysis) is 1. The molecule has 1 aliphatic rings. The molecular weight excluding hydrogens is 216 g/mol. The number of nitrogens with one attached hydrogen (secondary N) is 1. The number of carbonyl (C=O) groups excluding carboxylic acids is 1. The summed E-state index contributed by atoms with van der Waals surface area (Å²) in [4.78, 5) is 15.6. The smallest absolute Gasteiger partial charge is 0.407 e. The number of nitrogens with zero attached hydrogens (tertiary/aromatic N) is 1. The molecule has 2 rings (SSSR count). The van der Waals surface area contributed by atoms with E-state index >= 15 is 0 Å². The first kappa shape index (κ1) is 11.9. The fourth-order valence-corrected chi connectivity index (χ4v) is 1.78. The van der Waals surface area contributed by atoms with Crippen molar-refractivity contribution in [3.05, 3.63) is 30.1 Å². The molecule has 17 heavy (non-hydrogen) atoms. The number of carbonyl (C=O) groups is 1. The summed E-state index contributed by atoms with van der Waals surface area (Å²) in [5.74, 6) is 0.385. The van der Waals surface area contributed by atoms with Crippen molar-refractivity contribution in [3.8, 4) is 0 Å². The molecule has 0 aromatic carbocycles. The minimum Gasteiger partial charge on any atom is -0.444 e. The predicted octanol–water partition coefficient (Wildman–Crippen LogP) is 2.46. The lowest BCUT2D eigenvalue weighted by Crippen LogP contribution is -2.34. The Bertz CT molecular complexity index is 398. The lowest BCUT2D eigenvalue weighted by molar-refractivity contribution is 0.0523. The average Bonchev–Trinajstić information content (AvgIpc) is 2.95. The summed E-state index contributed by atoms with van der Waals surface area (Å²) in [6.45, 7) is 5.58. The quantitative estimate of drug-likeness (QED) is 0.855. The van der Waals surface area contributed by atoms with Gasteiger partial charge in [0.05, 0.1) is 0 Å². The Morgan fingerprint density at radius 1 is 1.53 bits per heavy atom. The summed E-state index contributed by atoms with van der Waals surface area (Å²) in [7, 11) is 0. The highest BCUT2D eigenvalue weighted by atomic mass is 16.6. The molecule has 0 aliphatic heterocycles. The monoisotopic (exact) mass is 234 g/mol. The van der Waals surface area contributed by atoms with Crippen LogP contribution in [0.4, 0.5) is 4.79 Å². The molecule has 1 aliphatic carbocycles. The van der Waals surface area contributed by atoms with Gasteiger partial charge in [0.1, 0.15) is 5.60 Å². The zero-order chi connectivity index (χ0) is 12.5. The molecule has 92 valence electrons. The molecule has 0 spiro atoms. The van der Waals surface area contributed by atoms with Crippen LogP contribution in [-0.4, -0.2) is 22.7 Å². The second-order valence-electron chi connectivity index (χ2n) is 5.38. The maximum Gasteiger partial charge on any atom is 0.407 e. The van der Waals surface area contributed by atoms with Gasteiger partial charge in [0.15, 0.2) is 0 Å². The van der Waals surface area contributed by atoms with Gasteiger partial charge in [-0.25, -0.2) is 4.79 Å². The van der Waals surface area contributed by atoms with Crippen LogP contribution in [0.2, 0.25) is 0 Å². The fourth-order valence-electron chi connectivity index (χ4n) is 1.78. The van der Waals surface area contributed by atoms with Crippen molar-refractivity contribution in [2.75, 3.05) is 0 Å². The van der Waals surface area contributed by atoms with E-state index in [1.54, 1.807) is 6.20 Å². The Hall–Kier alpha value is -1.58. The molecular formula is C13H18N2O2. The largest absolute Gasteiger partial charge is 0.444 e. The lowest BCUT2D eigenvalue weighted by Gasteiger charge is -2.19. The van der Waals surface area contributed by atoms with Gasteiger partial charge in [-0.3, -0.25) is 4.98 Å². The molecule has 2 atom stereocenters. The standard InChI is InChI=1S/C13H18N2O2/c1-13(2,3)17-12(16)15-11-7-10(11)9-5-4-6-14-8-9/h4-6,8,10-11H,7H2,1-3H3,(H,15,16)/t10-,11+/m0/s1. The van der Waals surface area contributed by atoms with Crippen LogP contribution in [0, 0.1) is 0 Å². The second kappa shape index (κ2) is 4.35. The van der Waals surface area contributed by atoms with Crippen molar-refractivity contribution in [1.29, 1.82) is 0 Å². The van der Waals surface area contributed by atoms with Crippen LogP contribution in [0.15, 0.2) is 24.5 Å². The van der Waals surface area contributed by atoms with Crippen LogP contribution in [0.3, 0.4) is 0 Å². The molecule has 1 amide bonds. The van der Waals surface area contributed by atoms with Gasteiger partial charge in [0.2, 0.25) is 0 Å². The third-order valence-electron chi connectivity index (χ3n) is 2.61. The van der Waals surface area contributed by atoms with Crippen LogP contribution in [0.25, 0.3) is 0 Å². The lowest BCUT2D eigenvalue weighted by atomic mass is 10.2. The van der Waals surface area contributed by atoms with Crippen molar-refractivity contribution in [1.82, 2.24) is 10.3 Å². The van der Waals surface area contributed by atoms with E-state index in [4.69, 9.17) is 4.74 Å². The number of hydrogen-bond donors (Lipinski definition) is 1. The van der Waals surface area contributed by atoms with E-state index in [-0.39, 0.29) is 12.1 Å². The van der Waals surface area contributed by atoms with Crippen LogP contribution in [0.1, 0.15) is 38.7 Å². The molecule has 0 radical (unpaired) electrons. The fraction of sp³-hybridized carbons (Fsp3) is 0.538. The number of aromatic nitrogens is 1. The summed E-state index contributed by atoms with van der Waals surface area (Å²) in [5, 5.41) is 2.87. The van der Waals surface area contributed by atoms with Crippen LogP contribution in [-0.2, 0) is 4.74 Å². The predicted molar refractivity (Wildman–Crippen MR) is 64.8 cm³/mol. The molecule has 4 heteroatoms. The highest BCUT2D eigenvalue weighted by Gasteiger charge is 2.40. The second-order valence-corrected chi connectivity index (χ2v) is 5.38. The molecule has 1 aromatic rings. The Labute approximate surface area is 101 Å². The Morgan fingerprint density at radius 2 is 2.29 bits per heavy atom. The number of ether oxygens (including phenoxy) is 1. The van der Waals surface area contributed by atoms with Gasteiger partial charge in [-0.15, -0.1) is 0 Å². The summed E-state index contributed by atoms with van der Waals surface area (Å²) >= 11 is 0. The van der Waals surface area contributed by atoms with Gasteiger partial charge in [-0.2, -0.15) is 0 Å². The number of hydrogen-bond acceptors (Lipinski definition) is 3. The molecule has 4 nitrogen and oxygen atoms in total. The molecule has 0 bridgehead atoms. The Morgan fingerprint density at radius 3 is 2.88 bits per heavy atom. The highest BCUT2D eigenvalue weighted by Crippen LogP contribution is 2.40. The number of rotatable bonds is 2.